The molecule has 0 spiro atoms. The van der Waals surface area contributed by atoms with E-state index in [1.165, 1.54) is 25.7 Å². The lowest BCUT2D eigenvalue weighted by atomic mass is 9.88. The van der Waals surface area contributed by atoms with Crippen molar-refractivity contribution in [2.24, 2.45) is 5.92 Å². The second kappa shape index (κ2) is 6.08. The lowest BCUT2D eigenvalue weighted by Gasteiger charge is -2.39. The van der Waals surface area contributed by atoms with Gasteiger partial charge >= 0.3 is 0 Å². The van der Waals surface area contributed by atoms with E-state index in [0.717, 1.165) is 12.8 Å². The van der Waals surface area contributed by atoms with Gasteiger partial charge in [0.2, 0.25) is 11.9 Å². The number of nitrogens with one attached hydrogen (secondary N) is 1. The predicted octanol–water partition coefficient (Wildman–Crippen LogP) is 1.42. The summed E-state index contributed by atoms with van der Waals surface area (Å²) < 4.78 is 0. The largest absolute Gasteiger partial charge is 0.354 e. The van der Waals surface area contributed by atoms with Crippen LogP contribution in [0.3, 0.4) is 0 Å². The van der Waals surface area contributed by atoms with Gasteiger partial charge in [-0.3, -0.25) is 14.9 Å². The molecule has 0 radical (unpaired) electrons. The van der Waals surface area contributed by atoms with Crippen molar-refractivity contribution in [3.05, 3.63) is 10.1 Å². The van der Waals surface area contributed by atoms with E-state index < -0.39 is 12.0 Å². The second-order valence-electron chi connectivity index (χ2n) is 6.45. The molecule has 2 saturated carbocycles. The second-order valence-corrected chi connectivity index (χ2v) is 6.45. The minimum Gasteiger partial charge on any atom is -0.354 e. The Labute approximate surface area is 120 Å². The van der Waals surface area contributed by atoms with E-state index in [2.05, 4.69) is 24.3 Å². The van der Waals surface area contributed by atoms with E-state index in [1.54, 1.807) is 0 Å². The highest BCUT2D eigenvalue weighted by Gasteiger charge is 2.53. The molecule has 0 aromatic rings. The molecule has 114 valence electrons. The van der Waals surface area contributed by atoms with Crippen molar-refractivity contribution in [1.29, 1.82) is 0 Å². The molecule has 0 bridgehead atoms. The summed E-state index contributed by atoms with van der Waals surface area (Å²) in [6.07, 6.45) is 7.47. The number of carbonyl (C=O) groups is 1. The summed E-state index contributed by atoms with van der Waals surface area (Å²) in [4.78, 5) is 24.5. The Morgan fingerprint density at radius 3 is 2.35 bits per heavy atom. The minimum atomic E-state index is -0.653. The van der Waals surface area contributed by atoms with Crippen LogP contribution in [-0.4, -0.2) is 48.0 Å². The van der Waals surface area contributed by atoms with Gasteiger partial charge in [-0.2, -0.15) is 0 Å². The summed E-state index contributed by atoms with van der Waals surface area (Å²) in [7, 11) is 4.13. The third-order valence-electron chi connectivity index (χ3n) is 4.94. The number of amides is 1. The van der Waals surface area contributed by atoms with Gasteiger partial charge in [0.25, 0.3) is 0 Å². The first kappa shape index (κ1) is 15.2. The molecule has 2 fully saturated rings. The van der Waals surface area contributed by atoms with E-state index in [1.807, 2.05) is 0 Å². The van der Waals surface area contributed by atoms with Crippen molar-refractivity contribution in [2.75, 3.05) is 20.6 Å². The lowest BCUT2D eigenvalue weighted by molar-refractivity contribution is -0.497. The highest BCUT2D eigenvalue weighted by molar-refractivity contribution is 5.82. The molecule has 6 heteroatoms. The number of carbonyl (C=O) groups excluding carboxylic acids is 1. The van der Waals surface area contributed by atoms with Crippen LogP contribution in [0.1, 0.15) is 44.9 Å². The Morgan fingerprint density at radius 2 is 1.90 bits per heavy atom. The van der Waals surface area contributed by atoms with Crippen LogP contribution < -0.4 is 5.32 Å². The van der Waals surface area contributed by atoms with Crippen LogP contribution in [0.25, 0.3) is 0 Å². The van der Waals surface area contributed by atoms with Crippen molar-refractivity contribution in [1.82, 2.24) is 10.2 Å². The predicted molar refractivity (Wildman–Crippen MR) is 76.0 cm³/mol. The fourth-order valence-corrected chi connectivity index (χ4v) is 3.25. The summed E-state index contributed by atoms with van der Waals surface area (Å²) in [6.45, 7) is 0.611. The number of nitrogens with zero attached hydrogens (tertiary/aromatic N) is 2. The van der Waals surface area contributed by atoms with Gasteiger partial charge in [0.1, 0.15) is 5.92 Å². The highest BCUT2D eigenvalue weighted by Crippen LogP contribution is 2.34. The van der Waals surface area contributed by atoms with Crippen molar-refractivity contribution < 1.29 is 9.72 Å². The highest BCUT2D eigenvalue weighted by atomic mass is 16.6. The SMILES string of the molecule is CN(C)C1(CNC(=O)[C@H]2C[C@H]2[N+](=O)[O-])CCCCCC1. The maximum atomic E-state index is 12.0. The first-order chi connectivity index (χ1) is 9.46. The standard InChI is InChI=1S/C14H25N3O3/c1-16(2)14(7-5-3-4-6-8-14)10-15-13(18)11-9-12(11)17(19)20/h11-12H,3-10H2,1-2H3,(H,15,18)/t11-,12+/m0/s1. The molecule has 0 heterocycles. The Kier molecular flexibility index (Phi) is 4.62. The van der Waals surface area contributed by atoms with Crippen molar-refractivity contribution in [3.8, 4) is 0 Å². The quantitative estimate of drug-likeness (QED) is 0.470. The molecule has 2 rings (SSSR count). The van der Waals surface area contributed by atoms with Gasteiger partial charge in [0.15, 0.2) is 0 Å². The van der Waals surface area contributed by atoms with Crippen molar-refractivity contribution in [3.63, 3.8) is 0 Å². The molecule has 20 heavy (non-hydrogen) atoms. The molecule has 0 unspecified atom stereocenters. The van der Waals surface area contributed by atoms with Crippen molar-refractivity contribution >= 4 is 5.91 Å². The number of hydrogen-bond acceptors (Lipinski definition) is 4. The van der Waals surface area contributed by atoms with Gasteiger partial charge in [-0.1, -0.05) is 25.7 Å². The summed E-state index contributed by atoms with van der Waals surface area (Å²) >= 11 is 0. The number of rotatable bonds is 5. The zero-order chi connectivity index (χ0) is 14.8. The Hall–Kier alpha value is -1.17. The van der Waals surface area contributed by atoms with Crippen LogP contribution in [0, 0.1) is 16.0 Å². The smallest absolute Gasteiger partial charge is 0.230 e. The molecule has 0 aromatic carbocycles. The van der Waals surface area contributed by atoms with Crippen molar-refractivity contribution in [2.45, 2.75) is 56.5 Å². The molecular weight excluding hydrogens is 258 g/mol. The molecule has 2 atom stereocenters. The van der Waals surface area contributed by atoms with Crippen LogP contribution in [0.5, 0.6) is 0 Å². The molecule has 6 nitrogen and oxygen atoms in total. The monoisotopic (exact) mass is 283 g/mol. The van der Waals surface area contributed by atoms with Crippen LogP contribution in [-0.2, 0) is 4.79 Å². The van der Waals surface area contributed by atoms with E-state index in [-0.39, 0.29) is 16.4 Å². The van der Waals surface area contributed by atoms with Gasteiger partial charge < -0.3 is 10.2 Å². The molecule has 1 N–H and O–H groups in total. The van der Waals surface area contributed by atoms with E-state index in [4.69, 9.17) is 0 Å². The zero-order valence-corrected chi connectivity index (χ0v) is 12.4. The molecule has 0 saturated heterocycles. The molecular formula is C14H25N3O3. The first-order valence-electron chi connectivity index (χ1n) is 7.55. The molecule has 2 aliphatic carbocycles. The molecule has 2 aliphatic rings. The van der Waals surface area contributed by atoms with E-state index >= 15 is 0 Å². The number of likely N-dealkylation sites (N-methyl/N-ethyl adjacent to an activating group) is 1. The number of hydrogen-bond donors (Lipinski definition) is 1. The van der Waals surface area contributed by atoms with Gasteiger partial charge in [0, 0.05) is 23.4 Å². The Balaban J connectivity index is 1.89. The average molecular weight is 283 g/mol. The van der Waals surface area contributed by atoms with E-state index in [9.17, 15) is 14.9 Å². The van der Waals surface area contributed by atoms with Gasteiger partial charge in [0.05, 0.1) is 0 Å². The normalized spacial score (nSPS) is 28.8. The van der Waals surface area contributed by atoms with Crippen LogP contribution in [0.15, 0.2) is 0 Å². The van der Waals surface area contributed by atoms with E-state index in [0.29, 0.717) is 13.0 Å². The van der Waals surface area contributed by atoms with Crippen LogP contribution >= 0.6 is 0 Å². The third-order valence-corrected chi connectivity index (χ3v) is 4.94. The first-order valence-corrected chi connectivity index (χ1v) is 7.55. The third kappa shape index (κ3) is 3.29. The van der Waals surface area contributed by atoms with Gasteiger partial charge in [-0.05, 0) is 26.9 Å². The Morgan fingerprint density at radius 1 is 1.30 bits per heavy atom. The average Bonchev–Trinajstić information content (AvgIpc) is 3.20. The zero-order valence-electron chi connectivity index (χ0n) is 12.4. The Bertz CT molecular complexity index is 376. The van der Waals surface area contributed by atoms with Gasteiger partial charge in [-0.25, -0.2) is 0 Å². The topological polar surface area (TPSA) is 75.5 Å². The maximum absolute atomic E-state index is 12.0. The fraction of sp³-hybridized carbons (Fsp3) is 0.929. The summed E-state index contributed by atoms with van der Waals surface area (Å²) in [5.41, 5.74) is 0.0190. The molecule has 1 amide bonds. The fourth-order valence-electron chi connectivity index (χ4n) is 3.25. The number of nitro groups is 1. The summed E-state index contributed by atoms with van der Waals surface area (Å²) in [5.74, 6) is -0.549. The van der Waals surface area contributed by atoms with Crippen LogP contribution in [0.4, 0.5) is 0 Å². The lowest BCUT2D eigenvalue weighted by Crippen LogP contribution is -2.52. The van der Waals surface area contributed by atoms with Crippen LogP contribution in [0.2, 0.25) is 0 Å². The molecule has 0 aromatic heterocycles. The summed E-state index contributed by atoms with van der Waals surface area (Å²) in [6, 6.07) is -0.653. The van der Waals surface area contributed by atoms with Gasteiger partial charge in [-0.15, -0.1) is 0 Å². The summed E-state index contributed by atoms with van der Waals surface area (Å²) in [5, 5.41) is 13.6. The molecule has 0 aliphatic heterocycles. The maximum Gasteiger partial charge on any atom is 0.230 e. The minimum absolute atomic E-state index is 0.0190.